The van der Waals surface area contributed by atoms with E-state index in [1.165, 1.54) is 32.3 Å². The number of nitrogens with zero attached hydrogens (tertiary/aromatic N) is 4. The minimum Gasteiger partial charge on any atom is -0.265 e. The Labute approximate surface area is 243 Å². The van der Waals surface area contributed by atoms with Gasteiger partial charge in [-0.25, -0.2) is 9.97 Å². The molecule has 0 bridgehead atoms. The van der Waals surface area contributed by atoms with Crippen molar-refractivity contribution in [3.63, 3.8) is 0 Å². The van der Waals surface area contributed by atoms with Gasteiger partial charge >= 0.3 is 0 Å². The van der Waals surface area contributed by atoms with Crippen LogP contribution in [0.5, 0.6) is 0 Å². The number of fused-ring (bicyclic) bond motifs is 6. The summed E-state index contributed by atoms with van der Waals surface area (Å²) in [6.07, 6.45) is 7.21. The number of rotatable bonds is 4. The van der Waals surface area contributed by atoms with Crippen LogP contribution in [0.3, 0.4) is 0 Å². The van der Waals surface area contributed by atoms with Crippen LogP contribution in [0.25, 0.3) is 77.3 Å². The van der Waals surface area contributed by atoms with Crippen LogP contribution in [-0.2, 0) is 0 Å². The highest BCUT2D eigenvalue weighted by molar-refractivity contribution is 6.26. The quantitative estimate of drug-likeness (QED) is 0.210. The molecule has 8 aromatic rings. The van der Waals surface area contributed by atoms with E-state index in [9.17, 15) is 0 Å². The lowest BCUT2D eigenvalue weighted by molar-refractivity contribution is 1.29. The largest absolute Gasteiger partial charge is 0.265 e. The Hall–Kier alpha value is -5.74. The van der Waals surface area contributed by atoms with Crippen LogP contribution in [0.1, 0.15) is 0 Å². The predicted molar refractivity (Wildman–Crippen MR) is 172 cm³/mol. The van der Waals surface area contributed by atoms with Crippen molar-refractivity contribution in [1.82, 2.24) is 19.9 Å². The summed E-state index contributed by atoms with van der Waals surface area (Å²) in [4.78, 5) is 18.3. The zero-order valence-electron chi connectivity index (χ0n) is 22.6. The lowest BCUT2D eigenvalue weighted by Gasteiger charge is -2.14. The highest BCUT2D eigenvalue weighted by Gasteiger charge is 2.13. The van der Waals surface area contributed by atoms with E-state index in [1.807, 2.05) is 36.4 Å². The Balaban J connectivity index is 1.28. The van der Waals surface area contributed by atoms with Crippen molar-refractivity contribution in [3.05, 3.63) is 146 Å². The maximum atomic E-state index is 5.00. The monoisotopic (exact) mass is 536 g/mol. The Morgan fingerprint density at radius 1 is 0.286 bits per heavy atom. The summed E-state index contributed by atoms with van der Waals surface area (Å²) in [5, 5.41) is 7.34. The molecular weight excluding hydrogens is 512 g/mol. The number of aromatic nitrogens is 4. The van der Waals surface area contributed by atoms with Gasteiger partial charge in [-0.15, -0.1) is 0 Å². The number of hydrogen-bond donors (Lipinski definition) is 0. The van der Waals surface area contributed by atoms with Crippen molar-refractivity contribution in [2.75, 3.05) is 0 Å². The van der Waals surface area contributed by atoms with E-state index < -0.39 is 0 Å². The predicted octanol–water partition coefficient (Wildman–Crippen LogP) is 9.39. The van der Waals surface area contributed by atoms with E-state index in [4.69, 9.17) is 9.97 Å². The second kappa shape index (κ2) is 10.0. The first-order valence-corrected chi connectivity index (χ1v) is 14.0. The van der Waals surface area contributed by atoms with Gasteiger partial charge in [0.2, 0.25) is 0 Å². The summed E-state index contributed by atoms with van der Waals surface area (Å²) in [6.45, 7) is 0. The molecule has 4 heteroatoms. The van der Waals surface area contributed by atoms with Gasteiger partial charge in [-0.2, -0.15) is 0 Å². The van der Waals surface area contributed by atoms with Crippen LogP contribution in [0.2, 0.25) is 0 Å². The van der Waals surface area contributed by atoms with Gasteiger partial charge in [0.25, 0.3) is 0 Å². The van der Waals surface area contributed by atoms with E-state index in [0.717, 1.165) is 45.0 Å². The van der Waals surface area contributed by atoms with Gasteiger partial charge in [0.15, 0.2) is 0 Å². The van der Waals surface area contributed by atoms with E-state index in [1.54, 1.807) is 24.8 Å². The molecule has 0 aliphatic heterocycles. The second-order valence-electron chi connectivity index (χ2n) is 10.4. The van der Waals surface area contributed by atoms with Crippen LogP contribution in [0, 0.1) is 0 Å². The molecule has 0 radical (unpaired) electrons. The standard InChI is InChI=1S/C38H24N4/c1-2-6-30-29(5-1)33-23-27(37-9-3-7-35(41-37)25-15-19-39-20-16-25)11-13-31(33)32-14-12-28(24-34(30)32)38-10-4-8-36(42-38)26-17-21-40-22-18-26/h1-24H. The number of benzene rings is 4. The van der Waals surface area contributed by atoms with Crippen molar-refractivity contribution in [2.45, 2.75) is 0 Å². The fraction of sp³-hybridized carbons (Fsp3) is 0. The SMILES string of the molecule is c1cc(-c2ccncc2)nc(-c2ccc3c4ccc(-c5cccc(-c6ccncc6)n5)cc4c4ccccc4c3c2)c1. The molecule has 0 unspecified atom stereocenters. The van der Waals surface area contributed by atoms with Crippen molar-refractivity contribution < 1.29 is 0 Å². The average molecular weight is 537 g/mol. The molecule has 4 aromatic heterocycles. The Morgan fingerprint density at radius 3 is 1.10 bits per heavy atom. The zero-order valence-corrected chi connectivity index (χ0v) is 22.6. The molecule has 8 rings (SSSR count). The van der Waals surface area contributed by atoms with E-state index in [2.05, 4.69) is 94.9 Å². The van der Waals surface area contributed by atoms with Crippen molar-refractivity contribution >= 4 is 32.3 Å². The third-order valence-corrected chi connectivity index (χ3v) is 7.88. The molecule has 0 atom stereocenters. The lowest BCUT2D eigenvalue weighted by atomic mass is 9.91. The summed E-state index contributed by atoms with van der Waals surface area (Å²) >= 11 is 0. The fourth-order valence-electron chi connectivity index (χ4n) is 5.83. The van der Waals surface area contributed by atoms with Gasteiger partial charge in [-0.05, 0) is 93.0 Å². The van der Waals surface area contributed by atoms with E-state index in [0.29, 0.717) is 0 Å². The third kappa shape index (κ3) is 4.18. The molecular formula is C38H24N4. The van der Waals surface area contributed by atoms with Crippen LogP contribution in [0.4, 0.5) is 0 Å². The van der Waals surface area contributed by atoms with Crippen molar-refractivity contribution in [3.8, 4) is 45.0 Å². The van der Waals surface area contributed by atoms with Crippen LogP contribution >= 0.6 is 0 Å². The summed E-state index contributed by atoms with van der Waals surface area (Å²) in [5.41, 5.74) is 8.08. The van der Waals surface area contributed by atoms with Crippen LogP contribution in [0.15, 0.2) is 146 Å². The van der Waals surface area contributed by atoms with Gasteiger partial charge in [0.1, 0.15) is 0 Å². The fourth-order valence-corrected chi connectivity index (χ4v) is 5.83. The Bertz CT molecular complexity index is 2060. The van der Waals surface area contributed by atoms with Gasteiger partial charge in [0.05, 0.1) is 22.8 Å². The first-order chi connectivity index (χ1) is 20.8. The molecule has 0 amide bonds. The van der Waals surface area contributed by atoms with E-state index >= 15 is 0 Å². The van der Waals surface area contributed by atoms with E-state index in [-0.39, 0.29) is 0 Å². The lowest BCUT2D eigenvalue weighted by Crippen LogP contribution is -1.90. The normalized spacial score (nSPS) is 11.3. The van der Waals surface area contributed by atoms with Gasteiger partial charge in [-0.3, -0.25) is 9.97 Å². The van der Waals surface area contributed by atoms with Crippen LogP contribution in [-0.4, -0.2) is 19.9 Å². The molecule has 0 N–H and O–H groups in total. The molecule has 4 heterocycles. The smallest absolute Gasteiger partial charge is 0.0710 e. The highest BCUT2D eigenvalue weighted by atomic mass is 14.7. The molecule has 4 aromatic carbocycles. The van der Waals surface area contributed by atoms with Crippen molar-refractivity contribution in [2.24, 2.45) is 0 Å². The summed E-state index contributed by atoms with van der Waals surface area (Å²) in [7, 11) is 0. The minimum atomic E-state index is 0.938. The first-order valence-electron chi connectivity index (χ1n) is 14.0. The Morgan fingerprint density at radius 2 is 0.667 bits per heavy atom. The first kappa shape index (κ1) is 24.1. The van der Waals surface area contributed by atoms with Gasteiger partial charge in [-0.1, -0.05) is 60.7 Å². The maximum absolute atomic E-state index is 5.00. The molecule has 0 spiro atoms. The maximum Gasteiger partial charge on any atom is 0.0710 e. The van der Waals surface area contributed by atoms with Crippen LogP contribution < -0.4 is 0 Å². The average Bonchev–Trinajstić information content (AvgIpc) is 3.09. The third-order valence-electron chi connectivity index (χ3n) is 7.88. The molecule has 0 aliphatic carbocycles. The molecule has 0 saturated carbocycles. The van der Waals surface area contributed by atoms with Gasteiger partial charge in [0, 0.05) is 47.0 Å². The highest BCUT2D eigenvalue weighted by Crippen LogP contribution is 2.38. The molecule has 0 fully saturated rings. The summed E-state index contributed by atoms with van der Waals surface area (Å²) in [6, 6.07) is 42.4. The summed E-state index contributed by atoms with van der Waals surface area (Å²) in [5.74, 6) is 0. The minimum absolute atomic E-state index is 0.938. The van der Waals surface area contributed by atoms with Gasteiger partial charge < -0.3 is 0 Å². The molecule has 42 heavy (non-hydrogen) atoms. The summed E-state index contributed by atoms with van der Waals surface area (Å²) < 4.78 is 0. The molecule has 0 aliphatic rings. The Kier molecular flexibility index (Phi) is 5.75. The van der Waals surface area contributed by atoms with Crippen molar-refractivity contribution in [1.29, 1.82) is 0 Å². The second-order valence-corrected chi connectivity index (χ2v) is 10.4. The molecule has 0 saturated heterocycles. The number of pyridine rings is 4. The topological polar surface area (TPSA) is 51.6 Å². The molecule has 196 valence electrons. The zero-order chi connectivity index (χ0) is 27.9. The number of hydrogen-bond acceptors (Lipinski definition) is 4. The molecule has 4 nitrogen and oxygen atoms in total.